The van der Waals surface area contributed by atoms with Crippen LogP contribution >= 0.6 is 22.9 Å². The first-order valence-corrected chi connectivity index (χ1v) is 17.4. The van der Waals surface area contributed by atoms with E-state index in [2.05, 4.69) is 44.4 Å². The van der Waals surface area contributed by atoms with Gasteiger partial charge in [0.2, 0.25) is 5.91 Å². The number of carbonyl (C=O) groups is 2. The van der Waals surface area contributed by atoms with Crippen LogP contribution in [-0.4, -0.2) is 39.7 Å². The summed E-state index contributed by atoms with van der Waals surface area (Å²) in [6.07, 6.45) is 3.12. The van der Waals surface area contributed by atoms with Gasteiger partial charge in [0.15, 0.2) is 0 Å². The molecule has 1 aliphatic rings. The number of urea groups is 1. The number of aromatic nitrogens is 2. The van der Waals surface area contributed by atoms with Crippen LogP contribution in [0, 0.1) is 19.8 Å². The molecule has 1 saturated heterocycles. The van der Waals surface area contributed by atoms with Crippen LogP contribution in [0.3, 0.4) is 0 Å². The van der Waals surface area contributed by atoms with Crippen molar-refractivity contribution in [1.29, 1.82) is 0 Å². The standard InChI is InChI=1S/C38H42ClN5O2S/c1-24-10-13-29(14-11-24)44-35(23-34(42-44)38(3,4)5)41-37(46)40-31-9-7-6-8-27(31)20-26-16-18-43(19-17-26)36(45)22-33-25(2)30-21-28(39)12-15-32(30)47-33/h6-15,21,23,26H,16-20,22H2,1-5H3,(H2,40,41,46). The Morgan fingerprint density at radius 3 is 2.40 bits per heavy atom. The van der Waals surface area contributed by atoms with Gasteiger partial charge in [-0.1, -0.05) is 68.3 Å². The van der Waals surface area contributed by atoms with E-state index in [1.54, 1.807) is 16.0 Å². The third kappa shape index (κ3) is 7.55. The first-order valence-electron chi connectivity index (χ1n) is 16.2. The number of halogens is 1. The SMILES string of the molecule is Cc1ccc(-n2nc(C(C)(C)C)cc2NC(=O)Nc2ccccc2CC2CCN(C(=O)Cc3sc4ccc(Cl)cc4c3C)CC2)cc1. The van der Waals surface area contributed by atoms with Gasteiger partial charge in [-0.2, -0.15) is 5.10 Å². The van der Waals surface area contributed by atoms with Crippen LogP contribution in [0.25, 0.3) is 15.8 Å². The summed E-state index contributed by atoms with van der Waals surface area (Å²) in [5, 5.41) is 12.8. The molecule has 244 valence electrons. The van der Waals surface area contributed by atoms with E-state index in [1.165, 1.54) is 4.70 Å². The highest BCUT2D eigenvalue weighted by Crippen LogP contribution is 2.34. The van der Waals surface area contributed by atoms with Crippen molar-refractivity contribution in [3.8, 4) is 5.69 Å². The second-order valence-corrected chi connectivity index (χ2v) is 15.2. The lowest BCUT2D eigenvalue weighted by atomic mass is 9.89. The van der Waals surface area contributed by atoms with Gasteiger partial charge in [0.25, 0.3) is 0 Å². The number of thiophene rings is 1. The minimum Gasteiger partial charge on any atom is -0.342 e. The molecule has 0 unspecified atom stereocenters. The summed E-state index contributed by atoms with van der Waals surface area (Å²) >= 11 is 7.90. The molecule has 9 heteroatoms. The predicted octanol–water partition coefficient (Wildman–Crippen LogP) is 9.32. The molecule has 0 atom stereocenters. The Kier molecular flexibility index (Phi) is 9.44. The normalized spacial score (nSPS) is 14.0. The fraction of sp³-hybridized carbons (Fsp3) is 0.342. The number of nitrogens with one attached hydrogen (secondary N) is 2. The second kappa shape index (κ2) is 13.5. The van der Waals surface area contributed by atoms with Gasteiger partial charge in [-0.3, -0.25) is 10.1 Å². The Morgan fingerprint density at radius 2 is 1.68 bits per heavy atom. The number of nitrogens with zero attached hydrogens (tertiary/aromatic N) is 3. The summed E-state index contributed by atoms with van der Waals surface area (Å²) < 4.78 is 2.96. The maximum atomic E-state index is 13.4. The van der Waals surface area contributed by atoms with Crippen molar-refractivity contribution in [2.24, 2.45) is 5.92 Å². The van der Waals surface area contributed by atoms with Gasteiger partial charge in [-0.15, -0.1) is 11.3 Å². The highest BCUT2D eigenvalue weighted by Gasteiger charge is 2.26. The molecule has 0 bridgehead atoms. The van der Waals surface area contributed by atoms with Crippen LogP contribution in [0.1, 0.15) is 60.9 Å². The van der Waals surface area contributed by atoms with Crippen molar-refractivity contribution in [2.75, 3.05) is 23.7 Å². The van der Waals surface area contributed by atoms with Gasteiger partial charge in [-0.05, 0) is 91.9 Å². The summed E-state index contributed by atoms with van der Waals surface area (Å²) in [7, 11) is 0. The molecule has 1 aliphatic heterocycles. The molecular formula is C38H42ClN5O2S. The fourth-order valence-corrected chi connectivity index (χ4v) is 7.52. The summed E-state index contributed by atoms with van der Waals surface area (Å²) in [6, 6.07) is 23.6. The number of piperidine rings is 1. The number of rotatable bonds is 7. The zero-order valence-electron chi connectivity index (χ0n) is 27.7. The molecular weight excluding hydrogens is 626 g/mol. The van der Waals surface area contributed by atoms with Crippen molar-refractivity contribution in [2.45, 2.75) is 65.7 Å². The molecule has 0 aliphatic carbocycles. The van der Waals surface area contributed by atoms with Crippen molar-refractivity contribution in [3.05, 3.63) is 105 Å². The Bertz CT molecular complexity index is 1910. The monoisotopic (exact) mass is 667 g/mol. The van der Waals surface area contributed by atoms with Gasteiger partial charge in [0, 0.05) is 44.9 Å². The van der Waals surface area contributed by atoms with E-state index in [-0.39, 0.29) is 17.4 Å². The average Bonchev–Trinajstić information content (AvgIpc) is 3.59. The molecule has 3 heterocycles. The maximum Gasteiger partial charge on any atom is 0.324 e. The molecule has 2 N–H and O–H groups in total. The van der Waals surface area contributed by atoms with Crippen LogP contribution in [-0.2, 0) is 23.1 Å². The van der Waals surface area contributed by atoms with Crippen molar-refractivity contribution >= 4 is 56.5 Å². The summed E-state index contributed by atoms with van der Waals surface area (Å²) in [6.45, 7) is 11.9. The molecule has 5 aromatic rings. The zero-order chi connectivity index (χ0) is 33.3. The smallest absolute Gasteiger partial charge is 0.324 e. The topological polar surface area (TPSA) is 79.3 Å². The Hall–Kier alpha value is -4.14. The molecule has 47 heavy (non-hydrogen) atoms. The molecule has 6 rings (SSSR count). The van der Waals surface area contributed by atoms with E-state index >= 15 is 0 Å². The number of likely N-dealkylation sites (tertiary alicyclic amines) is 1. The van der Waals surface area contributed by atoms with Crippen molar-refractivity contribution in [3.63, 3.8) is 0 Å². The Balaban J connectivity index is 1.08. The van der Waals surface area contributed by atoms with E-state index in [1.807, 2.05) is 78.6 Å². The molecule has 0 saturated carbocycles. The van der Waals surface area contributed by atoms with Gasteiger partial charge >= 0.3 is 6.03 Å². The third-order valence-electron chi connectivity index (χ3n) is 9.05. The van der Waals surface area contributed by atoms with E-state index in [9.17, 15) is 9.59 Å². The lowest BCUT2D eigenvalue weighted by Gasteiger charge is -2.32. The van der Waals surface area contributed by atoms with Crippen LogP contribution in [0.4, 0.5) is 16.3 Å². The van der Waals surface area contributed by atoms with E-state index in [0.29, 0.717) is 18.2 Å². The van der Waals surface area contributed by atoms with E-state index in [4.69, 9.17) is 16.7 Å². The summed E-state index contributed by atoms with van der Waals surface area (Å²) in [5.41, 5.74) is 5.79. The Morgan fingerprint density at radius 1 is 0.957 bits per heavy atom. The number of carbonyl (C=O) groups excluding carboxylic acids is 2. The number of para-hydroxylation sites is 1. The summed E-state index contributed by atoms with van der Waals surface area (Å²) in [4.78, 5) is 29.8. The lowest BCUT2D eigenvalue weighted by molar-refractivity contribution is -0.131. The third-order valence-corrected chi connectivity index (χ3v) is 10.6. The fourth-order valence-electron chi connectivity index (χ4n) is 6.17. The van der Waals surface area contributed by atoms with Crippen molar-refractivity contribution in [1.82, 2.24) is 14.7 Å². The minimum absolute atomic E-state index is 0.179. The van der Waals surface area contributed by atoms with Crippen LogP contribution < -0.4 is 10.6 Å². The predicted molar refractivity (Wildman–Crippen MR) is 194 cm³/mol. The Labute approximate surface area is 285 Å². The van der Waals surface area contributed by atoms with Crippen molar-refractivity contribution < 1.29 is 9.59 Å². The number of hydrogen-bond donors (Lipinski definition) is 2. The maximum absolute atomic E-state index is 13.4. The van der Waals surface area contributed by atoms with Gasteiger partial charge in [-0.25, -0.2) is 9.48 Å². The molecule has 2 aromatic heterocycles. The van der Waals surface area contributed by atoms with Gasteiger partial charge in [0.05, 0.1) is 17.8 Å². The number of anilines is 2. The number of benzene rings is 3. The average molecular weight is 668 g/mol. The minimum atomic E-state index is -0.314. The molecule has 1 fully saturated rings. The highest BCUT2D eigenvalue weighted by atomic mass is 35.5. The van der Waals surface area contributed by atoms with Crippen LogP contribution in [0.2, 0.25) is 5.02 Å². The van der Waals surface area contributed by atoms with Gasteiger partial charge in [0.1, 0.15) is 5.82 Å². The molecule has 0 radical (unpaired) electrons. The summed E-state index contributed by atoms with van der Waals surface area (Å²) in [5.74, 6) is 1.22. The van der Waals surface area contributed by atoms with Crippen LogP contribution in [0.5, 0.6) is 0 Å². The number of amides is 3. The second-order valence-electron chi connectivity index (χ2n) is 13.6. The highest BCUT2D eigenvalue weighted by molar-refractivity contribution is 7.19. The quantitative estimate of drug-likeness (QED) is 0.182. The van der Waals surface area contributed by atoms with Crippen LogP contribution in [0.15, 0.2) is 72.8 Å². The molecule has 0 spiro atoms. The first-order chi connectivity index (χ1) is 22.4. The first kappa shape index (κ1) is 32.8. The molecule has 3 aromatic carbocycles. The number of fused-ring (bicyclic) bond motifs is 1. The molecule has 3 amide bonds. The lowest BCUT2D eigenvalue weighted by Crippen LogP contribution is -2.39. The number of aryl methyl sites for hydroxylation is 2. The number of hydrogen-bond acceptors (Lipinski definition) is 4. The van der Waals surface area contributed by atoms with Gasteiger partial charge < -0.3 is 10.2 Å². The van der Waals surface area contributed by atoms with E-state index < -0.39 is 0 Å². The molecule has 7 nitrogen and oxygen atoms in total. The zero-order valence-corrected chi connectivity index (χ0v) is 29.3. The van der Waals surface area contributed by atoms with E-state index in [0.717, 1.165) is 81.4 Å². The largest absolute Gasteiger partial charge is 0.342 e.